The highest BCUT2D eigenvalue weighted by Gasteiger charge is 2.13. The molecule has 0 saturated carbocycles. The zero-order chi connectivity index (χ0) is 13.5. The van der Waals surface area contributed by atoms with Crippen LogP contribution in [0.15, 0.2) is 35.8 Å². The van der Waals surface area contributed by atoms with Crippen LogP contribution < -0.4 is 10.1 Å². The van der Waals surface area contributed by atoms with Crippen LogP contribution in [-0.4, -0.2) is 18.6 Å². The summed E-state index contributed by atoms with van der Waals surface area (Å²) >= 11 is 1.71. The van der Waals surface area contributed by atoms with Gasteiger partial charge in [0.15, 0.2) is 0 Å². The fourth-order valence-electron chi connectivity index (χ4n) is 2.01. The molecule has 0 bridgehead atoms. The Bertz CT molecular complexity index is 485. The van der Waals surface area contributed by atoms with Crippen LogP contribution in [0.2, 0.25) is 0 Å². The first-order chi connectivity index (χ1) is 9.33. The fraction of sp³-hybridized carbons (Fsp3) is 0.400. The third-order valence-corrected chi connectivity index (χ3v) is 3.80. The van der Waals surface area contributed by atoms with Crippen molar-refractivity contribution in [1.82, 2.24) is 10.3 Å². The summed E-state index contributed by atoms with van der Waals surface area (Å²) in [6.45, 7) is 3.19. The molecule has 0 aliphatic heterocycles. The highest BCUT2D eigenvalue weighted by molar-refractivity contribution is 7.09. The topological polar surface area (TPSA) is 34.2 Å². The van der Waals surface area contributed by atoms with Crippen LogP contribution in [0.5, 0.6) is 5.75 Å². The van der Waals surface area contributed by atoms with Crippen LogP contribution in [0.4, 0.5) is 0 Å². The number of methoxy groups -OCH3 is 1. The molecule has 4 heteroatoms. The van der Waals surface area contributed by atoms with Crippen molar-refractivity contribution >= 4 is 11.3 Å². The first kappa shape index (κ1) is 14.0. The molecular weight excluding hydrogens is 256 g/mol. The second-order valence-electron chi connectivity index (χ2n) is 4.41. The number of ether oxygens (including phenoxy) is 1. The largest absolute Gasteiger partial charge is 0.497 e. The Morgan fingerprint density at radius 2 is 2.32 bits per heavy atom. The zero-order valence-corrected chi connectivity index (χ0v) is 12.2. The van der Waals surface area contributed by atoms with E-state index in [1.165, 1.54) is 5.56 Å². The molecule has 0 fully saturated rings. The van der Waals surface area contributed by atoms with Crippen molar-refractivity contribution in [3.8, 4) is 5.75 Å². The van der Waals surface area contributed by atoms with E-state index in [1.54, 1.807) is 18.4 Å². The molecule has 2 rings (SSSR count). The fourth-order valence-corrected chi connectivity index (χ4v) is 2.68. The van der Waals surface area contributed by atoms with Gasteiger partial charge in [-0.3, -0.25) is 0 Å². The predicted molar refractivity (Wildman–Crippen MR) is 79.8 cm³/mol. The van der Waals surface area contributed by atoms with E-state index in [4.69, 9.17) is 4.74 Å². The minimum atomic E-state index is 0.293. The molecule has 0 saturated heterocycles. The van der Waals surface area contributed by atoms with Gasteiger partial charge in [0.05, 0.1) is 12.1 Å². The van der Waals surface area contributed by atoms with Crippen LogP contribution in [0.3, 0.4) is 0 Å². The van der Waals surface area contributed by atoms with Crippen molar-refractivity contribution < 1.29 is 4.74 Å². The molecule has 0 spiro atoms. The molecule has 19 heavy (non-hydrogen) atoms. The summed E-state index contributed by atoms with van der Waals surface area (Å²) in [5.41, 5.74) is 1.25. The maximum Gasteiger partial charge on any atom is 0.119 e. The maximum atomic E-state index is 5.30. The van der Waals surface area contributed by atoms with Gasteiger partial charge in [-0.15, -0.1) is 11.3 Å². The van der Waals surface area contributed by atoms with Gasteiger partial charge in [-0.2, -0.15) is 0 Å². The number of nitrogens with one attached hydrogen (secondary N) is 1. The molecule has 1 unspecified atom stereocenters. The van der Waals surface area contributed by atoms with E-state index in [-0.39, 0.29) is 0 Å². The Morgan fingerprint density at radius 3 is 3.00 bits per heavy atom. The highest BCUT2D eigenvalue weighted by Crippen LogP contribution is 2.23. The summed E-state index contributed by atoms with van der Waals surface area (Å²) in [7, 11) is 1.70. The molecule has 0 aliphatic rings. The Hall–Kier alpha value is -1.39. The minimum absolute atomic E-state index is 0.293. The van der Waals surface area contributed by atoms with Crippen LogP contribution >= 0.6 is 11.3 Å². The Kier molecular flexibility index (Phi) is 5.36. The van der Waals surface area contributed by atoms with E-state index in [0.717, 1.165) is 30.1 Å². The maximum absolute atomic E-state index is 5.30. The third-order valence-electron chi connectivity index (χ3n) is 3.00. The molecule has 3 nitrogen and oxygen atoms in total. The summed E-state index contributed by atoms with van der Waals surface area (Å²) in [5, 5.41) is 6.78. The van der Waals surface area contributed by atoms with Gasteiger partial charge in [0, 0.05) is 24.0 Å². The van der Waals surface area contributed by atoms with Crippen molar-refractivity contribution in [2.24, 2.45) is 0 Å². The SMILES string of the molecule is CCCNC(Cc1nccs1)c1cccc(OC)c1. The second kappa shape index (κ2) is 7.26. The van der Waals surface area contributed by atoms with Gasteiger partial charge in [-0.05, 0) is 30.7 Å². The normalized spacial score (nSPS) is 12.3. The second-order valence-corrected chi connectivity index (χ2v) is 5.39. The van der Waals surface area contributed by atoms with Gasteiger partial charge in [0.2, 0.25) is 0 Å². The minimum Gasteiger partial charge on any atom is -0.497 e. The summed E-state index contributed by atoms with van der Waals surface area (Å²) < 4.78 is 5.30. The van der Waals surface area contributed by atoms with Crippen LogP contribution in [0.1, 0.15) is 30.0 Å². The highest BCUT2D eigenvalue weighted by atomic mass is 32.1. The number of thiazole rings is 1. The quantitative estimate of drug-likeness (QED) is 0.841. The summed E-state index contributed by atoms with van der Waals surface area (Å²) in [6.07, 6.45) is 3.91. The van der Waals surface area contributed by atoms with Crippen LogP contribution in [0, 0.1) is 0 Å². The molecule has 0 amide bonds. The Labute approximate surface area is 118 Å². The van der Waals surface area contributed by atoms with E-state index in [0.29, 0.717) is 6.04 Å². The van der Waals surface area contributed by atoms with Gasteiger partial charge in [0.1, 0.15) is 5.75 Å². The van der Waals surface area contributed by atoms with E-state index in [2.05, 4.69) is 29.4 Å². The molecule has 102 valence electrons. The van der Waals surface area contributed by atoms with Gasteiger partial charge < -0.3 is 10.1 Å². The van der Waals surface area contributed by atoms with Gasteiger partial charge in [-0.25, -0.2) is 4.98 Å². The number of rotatable bonds is 7. The molecule has 1 aromatic carbocycles. The Balaban J connectivity index is 2.15. The third kappa shape index (κ3) is 4.04. The number of hydrogen-bond donors (Lipinski definition) is 1. The lowest BCUT2D eigenvalue weighted by Gasteiger charge is -2.18. The zero-order valence-electron chi connectivity index (χ0n) is 11.4. The molecule has 0 radical (unpaired) electrons. The predicted octanol–water partition coefficient (Wildman–Crippen LogP) is 3.44. The molecule has 1 aromatic heterocycles. The molecule has 1 N–H and O–H groups in total. The average molecular weight is 276 g/mol. The first-order valence-corrected chi connectivity index (χ1v) is 7.47. The molecule has 0 aliphatic carbocycles. The van der Waals surface area contributed by atoms with Crippen LogP contribution in [-0.2, 0) is 6.42 Å². The Morgan fingerprint density at radius 1 is 1.42 bits per heavy atom. The number of benzene rings is 1. The standard InChI is InChI=1S/C15H20N2OS/c1-3-7-16-14(11-15-17-8-9-19-15)12-5-4-6-13(10-12)18-2/h4-6,8-10,14,16H,3,7,11H2,1-2H3. The number of hydrogen-bond acceptors (Lipinski definition) is 4. The summed E-state index contributed by atoms with van der Waals surface area (Å²) in [5.74, 6) is 0.903. The molecule has 1 heterocycles. The lowest BCUT2D eigenvalue weighted by Crippen LogP contribution is -2.24. The molecule has 2 aromatic rings. The van der Waals surface area contributed by atoms with Crippen molar-refractivity contribution in [2.45, 2.75) is 25.8 Å². The smallest absolute Gasteiger partial charge is 0.119 e. The monoisotopic (exact) mass is 276 g/mol. The van der Waals surface area contributed by atoms with Crippen molar-refractivity contribution in [3.63, 3.8) is 0 Å². The van der Waals surface area contributed by atoms with E-state index in [9.17, 15) is 0 Å². The lowest BCUT2D eigenvalue weighted by atomic mass is 10.0. The van der Waals surface area contributed by atoms with Crippen molar-refractivity contribution in [3.05, 3.63) is 46.4 Å². The van der Waals surface area contributed by atoms with Crippen molar-refractivity contribution in [2.75, 3.05) is 13.7 Å². The van der Waals surface area contributed by atoms with Crippen molar-refractivity contribution in [1.29, 1.82) is 0 Å². The number of nitrogens with zero attached hydrogens (tertiary/aromatic N) is 1. The first-order valence-electron chi connectivity index (χ1n) is 6.59. The van der Waals surface area contributed by atoms with Gasteiger partial charge in [0.25, 0.3) is 0 Å². The summed E-state index contributed by atoms with van der Waals surface area (Å²) in [4.78, 5) is 4.38. The van der Waals surface area contributed by atoms with Gasteiger partial charge in [-0.1, -0.05) is 19.1 Å². The summed E-state index contributed by atoms with van der Waals surface area (Å²) in [6, 6.07) is 8.55. The van der Waals surface area contributed by atoms with Gasteiger partial charge >= 0.3 is 0 Å². The van der Waals surface area contributed by atoms with E-state index >= 15 is 0 Å². The average Bonchev–Trinajstić information content (AvgIpc) is 2.96. The van der Waals surface area contributed by atoms with Crippen LogP contribution in [0.25, 0.3) is 0 Å². The van der Waals surface area contributed by atoms with E-state index < -0.39 is 0 Å². The van der Waals surface area contributed by atoms with E-state index in [1.807, 2.05) is 23.7 Å². The number of aromatic nitrogens is 1. The molecular formula is C15H20N2OS. The molecule has 1 atom stereocenters. The lowest BCUT2D eigenvalue weighted by molar-refractivity contribution is 0.412.